The molecule has 2 aromatic heterocycles. The molecule has 1 aliphatic carbocycles. The van der Waals surface area contributed by atoms with E-state index in [4.69, 9.17) is 24.3 Å². The number of nitrogens with one attached hydrogen (secondary N) is 1. The molecular weight excluding hydrogens is 573 g/mol. The van der Waals surface area contributed by atoms with E-state index < -0.39 is 19.8 Å². The van der Waals surface area contributed by atoms with Crippen molar-refractivity contribution in [3.05, 3.63) is 36.7 Å². The maximum atomic E-state index is 12.4. The number of imidazole rings is 1. The summed E-state index contributed by atoms with van der Waals surface area (Å²) in [6.07, 6.45) is 5.10. The number of nitrogen functional groups attached to an aromatic ring is 1. The maximum absolute atomic E-state index is 12.4. The lowest BCUT2D eigenvalue weighted by atomic mass is 9.88. The normalized spacial score (nSPS) is 21.5. The summed E-state index contributed by atoms with van der Waals surface area (Å²) in [5, 5.41) is 2.53. The van der Waals surface area contributed by atoms with E-state index in [1.807, 2.05) is 10.9 Å². The summed E-state index contributed by atoms with van der Waals surface area (Å²) >= 11 is 0. The van der Waals surface area contributed by atoms with Crippen molar-refractivity contribution in [3.8, 4) is 5.75 Å². The van der Waals surface area contributed by atoms with Crippen molar-refractivity contribution in [1.29, 1.82) is 0 Å². The van der Waals surface area contributed by atoms with Gasteiger partial charge in [-0.05, 0) is 59.1 Å². The van der Waals surface area contributed by atoms with Gasteiger partial charge in [-0.2, -0.15) is 15.1 Å². The summed E-state index contributed by atoms with van der Waals surface area (Å²) in [4.78, 5) is 27.3. The van der Waals surface area contributed by atoms with Crippen LogP contribution in [0, 0.1) is 5.41 Å². The highest BCUT2D eigenvalue weighted by atomic mass is 31.2. The summed E-state index contributed by atoms with van der Waals surface area (Å²) in [5.41, 5.74) is 7.55. The number of rotatable bonds is 10. The van der Waals surface area contributed by atoms with Crippen LogP contribution in [0.2, 0.25) is 0 Å². The van der Waals surface area contributed by atoms with E-state index in [1.165, 1.54) is 26.9 Å². The van der Waals surface area contributed by atoms with Crippen molar-refractivity contribution in [2.24, 2.45) is 5.41 Å². The first-order chi connectivity index (χ1) is 20.2. The summed E-state index contributed by atoms with van der Waals surface area (Å²) < 4.78 is 35.7. The van der Waals surface area contributed by atoms with Gasteiger partial charge in [-0.15, -0.1) is 0 Å². The number of ether oxygens (including phenoxy) is 2. The Balaban J connectivity index is 0.000000200. The lowest BCUT2D eigenvalue weighted by molar-refractivity contribution is -0.149. The van der Waals surface area contributed by atoms with Gasteiger partial charge in [0.2, 0.25) is 5.95 Å². The Morgan fingerprint density at radius 1 is 1.21 bits per heavy atom. The SMILES string of the molecule is CC1CC(C)(C)[C@H](n2cnc3c(N(C)C4CC4)nc(N)nc32)O1.COP(=O)(N[C@@H](C)C(=O)OC(C)C)Oc1ccccc1. The quantitative estimate of drug-likeness (QED) is 0.230. The van der Waals surface area contributed by atoms with Gasteiger partial charge in [-0.1, -0.05) is 32.0 Å². The van der Waals surface area contributed by atoms with Crippen LogP contribution >= 0.6 is 7.75 Å². The number of fused-ring (bicyclic) bond motifs is 1. The minimum Gasteiger partial charge on any atom is -0.462 e. The van der Waals surface area contributed by atoms with Crippen molar-refractivity contribution in [2.75, 3.05) is 24.8 Å². The predicted molar refractivity (Wildman–Crippen MR) is 165 cm³/mol. The smallest absolute Gasteiger partial charge is 0.459 e. The van der Waals surface area contributed by atoms with Crippen LogP contribution in [-0.2, 0) is 23.4 Å². The van der Waals surface area contributed by atoms with E-state index in [2.05, 4.69) is 52.8 Å². The molecule has 1 aliphatic heterocycles. The van der Waals surface area contributed by atoms with Crippen LogP contribution in [0.25, 0.3) is 11.2 Å². The van der Waals surface area contributed by atoms with Crippen molar-refractivity contribution >= 4 is 36.6 Å². The molecule has 2 unspecified atom stereocenters. The van der Waals surface area contributed by atoms with Crippen LogP contribution in [0.1, 0.15) is 67.0 Å². The molecule has 14 heteroatoms. The molecule has 1 saturated carbocycles. The predicted octanol–water partition coefficient (Wildman–Crippen LogP) is 5.09. The van der Waals surface area contributed by atoms with Gasteiger partial charge in [-0.25, -0.2) is 9.55 Å². The zero-order valence-electron chi connectivity index (χ0n) is 26.2. The van der Waals surface area contributed by atoms with Crippen molar-refractivity contribution in [1.82, 2.24) is 24.6 Å². The highest BCUT2D eigenvalue weighted by Crippen LogP contribution is 2.46. The summed E-state index contributed by atoms with van der Waals surface area (Å²) in [6, 6.07) is 8.30. The summed E-state index contributed by atoms with van der Waals surface area (Å²) in [6.45, 7) is 11.5. The first kappa shape index (κ1) is 32.7. The van der Waals surface area contributed by atoms with Crippen LogP contribution in [0.15, 0.2) is 36.7 Å². The number of nitrogens with two attached hydrogens (primary N) is 1. The third-order valence-electron chi connectivity index (χ3n) is 7.21. The fourth-order valence-electron chi connectivity index (χ4n) is 5.07. The Kier molecular flexibility index (Phi) is 10.0. The highest BCUT2D eigenvalue weighted by molar-refractivity contribution is 7.52. The first-order valence-corrected chi connectivity index (χ1v) is 16.0. The second-order valence-corrected chi connectivity index (χ2v) is 13.8. The Hall–Kier alpha value is -3.25. The molecule has 0 radical (unpaired) electrons. The van der Waals surface area contributed by atoms with Gasteiger partial charge >= 0.3 is 13.7 Å². The lowest BCUT2D eigenvalue weighted by Gasteiger charge is -2.26. The van der Waals surface area contributed by atoms with Gasteiger partial charge in [-0.3, -0.25) is 13.9 Å². The number of hydrogen-bond donors (Lipinski definition) is 2. The number of carbonyl (C=O) groups is 1. The second kappa shape index (κ2) is 13.2. The molecule has 3 heterocycles. The number of hydrogen-bond acceptors (Lipinski definition) is 11. The van der Waals surface area contributed by atoms with Crippen LogP contribution in [-0.4, -0.2) is 63.9 Å². The third kappa shape index (κ3) is 8.03. The Morgan fingerprint density at radius 2 is 1.88 bits per heavy atom. The van der Waals surface area contributed by atoms with Gasteiger partial charge in [0, 0.05) is 25.6 Å². The van der Waals surface area contributed by atoms with Gasteiger partial charge < -0.3 is 24.6 Å². The highest BCUT2D eigenvalue weighted by Gasteiger charge is 2.42. The Morgan fingerprint density at radius 3 is 2.44 bits per heavy atom. The summed E-state index contributed by atoms with van der Waals surface area (Å²) in [5.74, 6) is 0.965. The topological polar surface area (TPSA) is 156 Å². The van der Waals surface area contributed by atoms with E-state index in [0.29, 0.717) is 11.8 Å². The molecule has 1 saturated heterocycles. The lowest BCUT2D eigenvalue weighted by Crippen LogP contribution is -2.36. The standard InChI is InChI=1S/C16H24N6O.C13H20NO5P/c1-9-7-16(2,3)14(23-9)22-8-18-11-12(21(4)10-5-6-10)19-15(17)20-13(11)22;1-10(2)18-13(15)11(3)14-20(16,17-4)19-12-8-6-5-7-9-12/h8-10,14H,5-7H2,1-4H3,(H2,17,19,20);5-11H,1-4H3,(H,14,16)/t9?,14-;11-,20?/m10/s1. The van der Waals surface area contributed by atoms with Gasteiger partial charge in [0.05, 0.1) is 18.5 Å². The molecule has 1 aromatic carbocycles. The van der Waals surface area contributed by atoms with Crippen molar-refractivity contribution < 1.29 is 27.9 Å². The molecule has 5 rings (SSSR count). The molecule has 2 aliphatic rings. The first-order valence-electron chi connectivity index (χ1n) is 14.5. The minimum atomic E-state index is -3.63. The zero-order chi connectivity index (χ0) is 31.5. The van der Waals surface area contributed by atoms with Crippen molar-refractivity contribution in [3.63, 3.8) is 0 Å². The van der Waals surface area contributed by atoms with Crippen LogP contribution in [0.3, 0.4) is 0 Å². The molecule has 0 spiro atoms. The number of para-hydroxylation sites is 1. The number of benzene rings is 1. The average Bonchev–Trinajstić information content (AvgIpc) is 3.64. The molecule has 0 amide bonds. The molecule has 43 heavy (non-hydrogen) atoms. The largest absolute Gasteiger partial charge is 0.462 e. The van der Waals surface area contributed by atoms with E-state index in [0.717, 1.165) is 23.4 Å². The molecule has 3 aromatic rings. The third-order valence-corrected chi connectivity index (χ3v) is 8.85. The van der Waals surface area contributed by atoms with Crippen molar-refractivity contribution in [2.45, 2.75) is 91.3 Å². The maximum Gasteiger partial charge on any atom is 0.459 e. The fourth-order valence-corrected chi connectivity index (χ4v) is 6.28. The van der Waals surface area contributed by atoms with E-state index in [1.54, 1.807) is 44.2 Å². The fraction of sp³-hybridized carbons (Fsp3) is 0.586. The van der Waals surface area contributed by atoms with Gasteiger partial charge in [0.15, 0.2) is 17.0 Å². The summed E-state index contributed by atoms with van der Waals surface area (Å²) in [7, 11) is -0.328. The van der Waals surface area contributed by atoms with E-state index in [-0.39, 0.29) is 29.8 Å². The zero-order valence-corrected chi connectivity index (χ0v) is 27.1. The number of nitrogens with zero attached hydrogens (tertiary/aromatic N) is 5. The Bertz CT molecular complexity index is 1450. The molecule has 236 valence electrons. The molecule has 3 N–H and O–H groups in total. The van der Waals surface area contributed by atoms with Gasteiger partial charge in [0.1, 0.15) is 18.0 Å². The second-order valence-electron chi connectivity index (χ2n) is 12.0. The molecule has 2 fully saturated rings. The van der Waals surface area contributed by atoms with Gasteiger partial charge in [0.25, 0.3) is 0 Å². The van der Waals surface area contributed by atoms with E-state index >= 15 is 0 Å². The number of anilines is 2. The number of carbonyl (C=O) groups excluding carboxylic acids is 1. The number of aromatic nitrogens is 4. The average molecular weight is 618 g/mol. The molecule has 13 nitrogen and oxygen atoms in total. The van der Waals surface area contributed by atoms with Crippen LogP contribution in [0.5, 0.6) is 5.75 Å². The van der Waals surface area contributed by atoms with Crippen LogP contribution < -0.4 is 20.2 Å². The van der Waals surface area contributed by atoms with E-state index in [9.17, 15) is 9.36 Å². The number of esters is 1. The molecule has 4 atom stereocenters. The Labute approximate surface area is 253 Å². The molecular formula is C29H44N7O6P. The monoisotopic (exact) mass is 617 g/mol. The minimum absolute atomic E-state index is 0.0231. The van der Waals surface area contributed by atoms with Crippen LogP contribution in [0.4, 0.5) is 11.8 Å². The molecule has 0 bridgehead atoms.